The van der Waals surface area contributed by atoms with Gasteiger partial charge in [-0.15, -0.1) is 0 Å². The lowest BCUT2D eigenvalue weighted by atomic mass is 10.0. The van der Waals surface area contributed by atoms with Gasteiger partial charge in [-0.2, -0.15) is 0 Å². The maximum atomic E-state index is 13.7. The van der Waals surface area contributed by atoms with E-state index in [2.05, 4.69) is 22.2 Å². The number of nitrogens with zero attached hydrogens (tertiary/aromatic N) is 2. The average Bonchev–Trinajstić information content (AvgIpc) is 3.47. The molecule has 0 bridgehead atoms. The molecular weight excluding hydrogens is 524 g/mol. The van der Waals surface area contributed by atoms with Crippen LogP contribution in [0.1, 0.15) is 122 Å². The Kier molecular flexibility index (Phi) is 20.2. The first kappa shape index (κ1) is 36.2. The summed E-state index contributed by atoms with van der Waals surface area (Å²) in [6.07, 6.45) is 19.2. The molecule has 0 saturated carbocycles. The third kappa shape index (κ3) is 15.7. The van der Waals surface area contributed by atoms with Crippen molar-refractivity contribution in [1.29, 1.82) is 0 Å². The summed E-state index contributed by atoms with van der Waals surface area (Å²) in [5.41, 5.74) is 11.6. The van der Waals surface area contributed by atoms with E-state index in [0.717, 1.165) is 24.2 Å². The summed E-state index contributed by atoms with van der Waals surface area (Å²) >= 11 is 0. The second-order valence-corrected chi connectivity index (χ2v) is 10.8. The molecule has 2 atom stereocenters. The molecule has 0 aromatic carbocycles. The van der Waals surface area contributed by atoms with E-state index in [1.54, 1.807) is 0 Å². The van der Waals surface area contributed by atoms with Crippen molar-refractivity contribution in [3.8, 4) is 0 Å². The first-order valence-corrected chi connectivity index (χ1v) is 15.6. The molecule has 0 radical (unpaired) electrons. The standard InChI is InChI=1S/C30H54N6O5/c1-2-3-4-5-6-7-8-9-10-11-12-13-14-18-28(38)36(26(30(40)41)17-15-16-19-31)29(39)25(35-27(37)21-32)20-24-22-33-23-34-24/h22-23,25-26H,2-21,31-32H2,1H3,(H,33,34)(H,35,37)(H,40,41). The highest BCUT2D eigenvalue weighted by atomic mass is 16.4. The van der Waals surface area contributed by atoms with Crippen LogP contribution in [0.3, 0.4) is 0 Å². The van der Waals surface area contributed by atoms with Gasteiger partial charge in [-0.05, 0) is 32.2 Å². The van der Waals surface area contributed by atoms with Crippen molar-refractivity contribution < 1.29 is 24.3 Å². The molecule has 234 valence electrons. The second-order valence-electron chi connectivity index (χ2n) is 10.8. The van der Waals surface area contributed by atoms with Gasteiger partial charge < -0.3 is 26.9 Å². The Morgan fingerprint density at radius 1 is 0.902 bits per heavy atom. The molecule has 11 nitrogen and oxygen atoms in total. The molecule has 11 heteroatoms. The number of carbonyl (C=O) groups is 4. The lowest BCUT2D eigenvalue weighted by Crippen LogP contribution is -2.57. The van der Waals surface area contributed by atoms with Gasteiger partial charge in [0.15, 0.2) is 0 Å². The predicted molar refractivity (Wildman–Crippen MR) is 160 cm³/mol. The molecule has 1 aromatic rings. The zero-order valence-corrected chi connectivity index (χ0v) is 25.1. The molecule has 41 heavy (non-hydrogen) atoms. The Labute approximate surface area is 245 Å². The monoisotopic (exact) mass is 578 g/mol. The van der Waals surface area contributed by atoms with Gasteiger partial charge in [0.05, 0.1) is 12.9 Å². The summed E-state index contributed by atoms with van der Waals surface area (Å²) < 4.78 is 0. The second kappa shape index (κ2) is 22.8. The maximum Gasteiger partial charge on any atom is 0.326 e. The Morgan fingerprint density at radius 2 is 1.49 bits per heavy atom. The van der Waals surface area contributed by atoms with E-state index < -0.39 is 35.8 Å². The molecule has 0 aliphatic heterocycles. The number of amides is 3. The fourth-order valence-corrected chi connectivity index (χ4v) is 4.95. The number of carboxylic acids is 1. The van der Waals surface area contributed by atoms with Crippen LogP contribution in [0.25, 0.3) is 0 Å². The van der Waals surface area contributed by atoms with Crippen molar-refractivity contribution in [2.24, 2.45) is 11.5 Å². The van der Waals surface area contributed by atoms with Crippen LogP contribution >= 0.6 is 0 Å². The maximum absolute atomic E-state index is 13.7. The SMILES string of the molecule is CCCCCCCCCCCCCCCC(=O)N(C(=O)C(Cc1cnc[nH]1)NC(=O)CN)C(CCCCN)C(=O)O. The van der Waals surface area contributed by atoms with Crippen LogP contribution in [-0.4, -0.2) is 68.8 Å². The van der Waals surface area contributed by atoms with Gasteiger partial charge in [0, 0.05) is 24.7 Å². The smallest absolute Gasteiger partial charge is 0.326 e. The molecule has 1 rings (SSSR count). The molecular formula is C30H54N6O5. The first-order chi connectivity index (χ1) is 19.8. The van der Waals surface area contributed by atoms with Gasteiger partial charge in [-0.3, -0.25) is 19.3 Å². The normalized spacial score (nSPS) is 12.6. The van der Waals surface area contributed by atoms with Gasteiger partial charge in [0.1, 0.15) is 12.1 Å². The minimum atomic E-state index is -1.34. The van der Waals surface area contributed by atoms with Crippen molar-refractivity contribution in [2.45, 2.75) is 135 Å². The molecule has 0 spiro atoms. The lowest BCUT2D eigenvalue weighted by Gasteiger charge is -2.31. The van der Waals surface area contributed by atoms with E-state index in [4.69, 9.17) is 11.5 Å². The number of hydrogen-bond acceptors (Lipinski definition) is 7. The lowest BCUT2D eigenvalue weighted by molar-refractivity contribution is -0.159. The molecule has 7 N–H and O–H groups in total. The molecule has 0 saturated heterocycles. The number of imidazole rings is 1. The van der Waals surface area contributed by atoms with Crippen molar-refractivity contribution in [3.63, 3.8) is 0 Å². The molecule has 2 unspecified atom stereocenters. The zero-order chi connectivity index (χ0) is 30.3. The van der Waals surface area contributed by atoms with E-state index in [-0.39, 0.29) is 25.8 Å². The summed E-state index contributed by atoms with van der Waals surface area (Å²) in [4.78, 5) is 59.1. The number of H-pyrrole nitrogens is 1. The van der Waals surface area contributed by atoms with Crippen LogP contribution < -0.4 is 16.8 Å². The van der Waals surface area contributed by atoms with Crippen LogP contribution in [0.5, 0.6) is 0 Å². The Hall–Kier alpha value is -2.79. The Balaban J connectivity index is 2.73. The van der Waals surface area contributed by atoms with E-state index in [9.17, 15) is 24.3 Å². The van der Waals surface area contributed by atoms with Crippen LogP contribution in [-0.2, 0) is 25.6 Å². The molecule has 0 aliphatic rings. The van der Waals surface area contributed by atoms with Crippen LogP contribution in [0.4, 0.5) is 0 Å². The third-order valence-corrected chi connectivity index (χ3v) is 7.33. The van der Waals surface area contributed by atoms with E-state index in [0.29, 0.717) is 31.5 Å². The van der Waals surface area contributed by atoms with Gasteiger partial charge in [0.25, 0.3) is 5.91 Å². The van der Waals surface area contributed by atoms with Gasteiger partial charge in [0.2, 0.25) is 11.8 Å². The summed E-state index contributed by atoms with van der Waals surface area (Å²) in [7, 11) is 0. The molecule has 3 amide bonds. The molecule has 0 aliphatic carbocycles. The zero-order valence-electron chi connectivity index (χ0n) is 25.1. The number of carbonyl (C=O) groups excluding carboxylic acids is 3. The summed E-state index contributed by atoms with van der Waals surface area (Å²) in [6, 6.07) is -2.51. The van der Waals surface area contributed by atoms with E-state index in [1.807, 2.05) is 0 Å². The molecule has 1 heterocycles. The number of aromatic nitrogens is 2. The Morgan fingerprint density at radius 3 is 1.98 bits per heavy atom. The number of nitrogens with one attached hydrogen (secondary N) is 2. The van der Waals surface area contributed by atoms with Crippen molar-refractivity contribution in [2.75, 3.05) is 13.1 Å². The van der Waals surface area contributed by atoms with E-state index in [1.165, 1.54) is 70.3 Å². The van der Waals surface area contributed by atoms with Crippen molar-refractivity contribution in [3.05, 3.63) is 18.2 Å². The number of imide groups is 1. The van der Waals surface area contributed by atoms with Crippen molar-refractivity contribution in [1.82, 2.24) is 20.2 Å². The number of carboxylic acid groups (broad SMARTS) is 1. The summed E-state index contributed by atoms with van der Waals surface area (Å²) in [5, 5.41) is 12.5. The Bertz CT molecular complexity index is 864. The van der Waals surface area contributed by atoms with Crippen LogP contribution in [0.15, 0.2) is 12.5 Å². The van der Waals surface area contributed by atoms with Gasteiger partial charge >= 0.3 is 5.97 Å². The van der Waals surface area contributed by atoms with E-state index >= 15 is 0 Å². The quantitative estimate of drug-likeness (QED) is 0.108. The fraction of sp³-hybridized carbons (Fsp3) is 0.767. The van der Waals surface area contributed by atoms with Gasteiger partial charge in [-0.25, -0.2) is 9.78 Å². The topological polar surface area (TPSA) is 184 Å². The fourth-order valence-electron chi connectivity index (χ4n) is 4.95. The minimum absolute atomic E-state index is 0.0161. The summed E-state index contributed by atoms with van der Waals surface area (Å²) in [5.74, 6) is -3.16. The first-order valence-electron chi connectivity index (χ1n) is 15.6. The minimum Gasteiger partial charge on any atom is -0.480 e. The van der Waals surface area contributed by atoms with Crippen molar-refractivity contribution >= 4 is 23.7 Å². The number of aliphatic carboxylic acids is 1. The number of unbranched alkanes of at least 4 members (excludes halogenated alkanes) is 13. The number of nitrogens with two attached hydrogens (primary N) is 2. The summed E-state index contributed by atoms with van der Waals surface area (Å²) in [6.45, 7) is 2.26. The highest BCUT2D eigenvalue weighted by molar-refractivity contribution is 6.02. The number of rotatable bonds is 25. The largest absolute Gasteiger partial charge is 0.480 e. The number of aromatic amines is 1. The van der Waals surface area contributed by atoms with Crippen LogP contribution in [0.2, 0.25) is 0 Å². The van der Waals surface area contributed by atoms with Crippen LogP contribution in [0, 0.1) is 0 Å². The average molecular weight is 579 g/mol. The molecule has 1 aromatic heterocycles. The van der Waals surface area contributed by atoms with Gasteiger partial charge in [-0.1, -0.05) is 84.0 Å². The number of hydrogen-bond donors (Lipinski definition) is 5. The predicted octanol–water partition coefficient (Wildman–Crippen LogP) is 3.81. The highest BCUT2D eigenvalue weighted by Gasteiger charge is 2.38. The highest BCUT2D eigenvalue weighted by Crippen LogP contribution is 2.18. The third-order valence-electron chi connectivity index (χ3n) is 7.33. The molecule has 0 fully saturated rings.